The van der Waals surface area contributed by atoms with Crippen molar-refractivity contribution >= 4 is 33.6 Å². The Balaban J connectivity index is 1.15. The first-order chi connectivity index (χ1) is 18.5. The van der Waals surface area contributed by atoms with E-state index in [9.17, 15) is 10.2 Å². The molecule has 1 aromatic carbocycles. The highest BCUT2D eigenvalue weighted by Crippen LogP contribution is 2.64. The maximum Gasteiger partial charge on any atom is 0.145 e. The van der Waals surface area contributed by atoms with Crippen LogP contribution in [0.1, 0.15) is 30.9 Å². The van der Waals surface area contributed by atoms with Crippen LogP contribution >= 0.6 is 0 Å². The van der Waals surface area contributed by atoms with Gasteiger partial charge in [-0.05, 0) is 61.4 Å². The minimum absolute atomic E-state index is 0.149. The van der Waals surface area contributed by atoms with Crippen molar-refractivity contribution in [1.82, 2.24) is 24.5 Å². The van der Waals surface area contributed by atoms with Gasteiger partial charge in [-0.15, -0.1) is 0 Å². The highest BCUT2D eigenvalue weighted by Gasteiger charge is 2.64. The van der Waals surface area contributed by atoms with Crippen molar-refractivity contribution in [3.8, 4) is 11.1 Å². The zero-order chi connectivity index (χ0) is 26.0. The summed E-state index contributed by atoms with van der Waals surface area (Å²) in [6.45, 7) is 0. The number of nitrogen functional groups attached to an aromatic ring is 2. The van der Waals surface area contributed by atoms with Crippen LogP contribution in [0.3, 0.4) is 0 Å². The summed E-state index contributed by atoms with van der Waals surface area (Å²) in [6.07, 6.45) is 8.58. The summed E-state index contributed by atoms with van der Waals surface area (Å²) < 4.78 is 1.98. The number of fused-ring (bicyclic) bond motifs is 3. The molecular weight excluding hydrogens is 478 g/mol. The van der Waals surface area contributed by atoms with Gasteiger partial charge < -0.3 is 26.2 Å². The number of benzene rings is 1. The van der Waals surface area contributed by atoms with E-state index >= 15 is 0 Å². The van der Waals surface area contributed by atoms with Gasteiger partial charge >= 0.3 is 0 Å². The highest BCUT2D eigenvalue weighted by molar-refractivity contribution is 5.89. The van der Waals surface area contributed by atoms with Crippen molar-refractivity contribution in [3.63, 3.8) is 0 Å². The van der Waals surface area contributed by atoms with Gasteiger partial charge in [-0.3, -0.25) is 4.98 Å². The number of nitrogens with zero attached hydrogens (tertiary/aromatic N) is 5. The van der Waals surface area contributed by atoms with Crippen LogP contribution in [0.5, 0.6) is 0 Å². The fraction of sp³-hybridized carbons (Fsp3) is 0.310. The first-order valence-electron chi connectivity index (χ1n) is 13.0. The number of pyridine rings is 2. The maximum atomic E-state index is 11.3. The van der Waals surface area contributed by atoms with Crippen LogP contribution in [-0.4, -0.2) is 46.9 Å². The van der Waals surface area contributed by atoms with Crippen LogP contribution in [0, 0.1) is 11.3 Å². The summed E-state index contributed by atoms with van der Waals surface area (Å²) in [5.41, 5.74) is 16.5. The van der Waals surface area contributed by atoms with E-state index in [1.165, 1.54) is 6.33 Å². The van der Waals surface area contributed by atoms with Crippen LogP contribution in [0.4, 0.5) is 11.6 Å². The lowest BCUT2D eigenvalue weighted by atomic mass is 9.58. The molecule has 0 spiro atoms. The lowest BCUT2D eigenvalue weighted by molar-refractivity contribution is -0.0742. The number of hydrogen-bond acceptors (Lipinski definition) is 8. The van der Waals surface area contributed by atoms with E-state index in [-0.39, 0.29) is 17.4 Å². The molecule has 2 saturated carbocycles. The second-order valence-corrected chi connectivity index (χ2v) is 10.7. The third kappa shape index (κ3) is 3.32. The van der Waals surface area contributed by atoms with Crippen molar-refractivity contribution in [2.24, 2.45) is 11.3 Å². The molecule has 5 atom stereocenters. The molecule has 38 heavy (non-hydrogen) atoms. The fourth-order valence-electron chi connectivity index (χ4n) is 6.89. The highest BCUT2D eigenvalue weighted by atomic mass is 16.3. The second-order valence-electron chi connectivity index (χ2n) is 10.7. The standard InChI is InChI=1S/C29H29N7O2/c30-26-19-7-11-36(28(19)34-15-33-26)23-21-6-9-29(21,25(38)24(23)37)8-5-16-3-4-17-13-20(18-2-1-10-32-14-18)27(31)35-22(17)12-16/h1-4,7,10-15,21,23-25,37-38H,5-6,8-9H2,(H2,31,35)(H2,30,33,34)/t21-,23-,24+,25+,29-/m1/s1. The first kappa shape index (κ1) is 23.1. The number of aliphatic hydroxyl groups is 2. The molecule has 4 aromatic heterocycles. The molecule has 6 N–H and O–H groups in total. The molecule has 0 aliphatic heterocycles. The van der Waals surface area contributed by atoms with Crippen molar-refractivity contribution in [3.05, 3.63) is 72.9 Å². The predicted molar refractivity (Wildman–Crippen MR) is 146 cm³/mol. The van der Waals surface area contributed by atoms with E-state index in [0.717, 1.165) is 58.7 Å². The van der Waals surface area contributed by atoms with Crippen molar-refractivity contribution in [2.45, 2.75) is 43.9 Å². The molecule has 192 valence electrons. The average Bonchev–Trinajstić information content (AvgIpc) is 3.40. The third-order valence-electron chi connectivity index (χ3n) is 8.96. The maximum absolute atomic E-state index is 11.3. The second kappa shape index (κ2) is 8.47. The molecule has 0 unspecified atom stereocenters. The van der Waals surface area contributed by atoms with Gasteiger partial charge in [0.1, 0.15) is 29.7 Å². The number of hydrogen-bond donors (Lipinski definition) is 4. The molecule has 2 fully saturated rings. The van der Waals surface area contributed by atoms with E-state index < -0.39 is 12.2 Å². The van der Waals surface area contributed by atoms with E-state index in [1.807, 2.05) is 29.0 Å². The Morgan fingerprint density at radius 1 is 1.05 bits per heavy atom. The van der Waals surface area contributed by atoms with Crippen molar-refractivity contribution in [1.29, 1.82) is 0 Å². The first-order valence-corrected chi connectivity index (χ1v) is 13.0. The van der Waals surface area contributed by atoms with Crippen LogP contribution in [0.15, 0.2) is 67.4 Å². The Labute approximate surface area is 219 Å². The van der Waals surface area contributed by atoms with Crippen molar-refractivity contribution in [2.75, 3.05) is 11.5 Å². The van der Waals surface area contributed by atoms with Gasteiger partial charge in [-0.1, -0.05) is 18.2 Å². The molecular formula is C29H29N7O2. The predicted octanol–water partition coefficient (Wildman–Crippen LogP) is 3.51. The summed E-state index contributed by atoms with van der Waals surface area (Å²) in [4.78, 5) is 17.4. The molecule has 2 aliphatic carbocycles. The molecule has 4 heterocycles. The fourth-order valence-corrected chi connectivity index (χ4v) is 6.89. The summed E-state index contributed by atoms with van der Waals surface area (Å²) in [5, 5.41) is 24.3. The zero-order valence-electron chi connectivity index (χ0n) is 20.8. The van der Waals surface area contributed by atoms with Crippen molar-refractivity contribution < 1.29 is 10.2 Å². The Kier molecular flexibility index (Phi) is 5.14. The Hall–Kier alpha value is -4.08. The van der Waals surface area contributed by atoms with E-state index in [0.29, 0.717) is 17.3 Å². The summed E-state index contributed by atoms with van der Waals surface area (Å²) in [6, 6.07) is 13.8. The molecule has 7 rings (SSSR count). The van der Waals surface area contributed by atoms with Crippen LogP contribution < -0.4 is 11.5 Å². The average molecular weight is 508 g/mol. The molecule has 0 radical (unpaired) electrons. The van der Waals surface area contributed by atoms with Gasteiger partial charge in [0.15, 0.2) is 0 Å². The Morgan fingerprint density at radius 3 is 2.74 bits per heavy atom. The summed E-state index contributed by atoms with van der Waals surface area (Å²) >= 11 is 0. The van der Waals surface area contributed by atoms with E-state index in [1.54, 1.807) is 12.4 Å². The van der Waals surface area contributed by atoms with Gasteiger partial charge in [0.2, 0.25) is 0 Å². The zero-order valence-corrected chi connectivity index (χ0v) is 20.8. The minimum Gasteiger partial charge on any atom is -0.390 e. The van der Waals surface area contributed by atoms with Crippen LogP contribution in [0.2, 0.25) is 0 Å². The molecule has 2 aliphatic rings. The summed E-state index contributed by atoms with van der Waals surface area (Å²) in [5.74, 6) is 1.04. The molecule has 0 bridgehead atoms. The number of nitrogens with two attached hydrogens (primary N) is 2. The summed E-state index contributed by atoms with van der Waals surface area (Å²) in [7, 11) is 0. The molecule has 0 amide bonds. The SMILES string of the molecule is Nc1nc2cc(CC[C@@]34CC[C@@H]3[C@@H](n3ccc5c(N)ncnc53)[C@H](O)[C@@H]4O)ccc2cc1-c1cccnc1. The van der Waals surface area contributed by atoms with Crippen LogP contribution in [0.25, 0.3) is 33.1 Å². The van der Waals surface area contributed by atoms with Gasteiger partial charge in [0.05, 0.1) is 23.0 Å². The quantitative estimate of drug-likeness (QED) is 0.282. The van der Waals surface area contributed by atoms with Gasteiger partial charge in [0, 0.05) is 40.5 Å². The lowest BCUT2D eigenvalue weighted by Crippen LogP contribution is -2.46. The van der Waals surface area contributed by atoms with Crippen LogP contribution in [-0.2, 0) is 6.42 Å². The normalized spacial score (nSPS) is 26.5. The van der Waals surface area contributed by atoms with Gasteiger partial charge in [0.25, 0.3) is 0 Å². The number of aliphatic hydroxyl groups excluding tert-OH is 2. The topological polar surface area (TPSA) is 149 Å². The monoisotopic (exact) mass is 507 g/mol. The van der Waals surface area contributed by atoms with E-state index in [2.05, 4.69) is 44.2 Å². The lowest BCUT2D eigenvalue weighted by Gasteiger charge is -2.48. The minimum atomic E-state index is -0.877. The molecule has 0 saturated heterocycles. The Bertz CT molecular complexity index is 1670. The van der Waals surface area contributed by atoms with Gasteiger partial charge in [-0.25, -0.2) is 15.0 Å². The smallest absolute Gasteiger partial charge is 0.145 e. The van der Waals surface area contributed by atoms with E-state index in [4.69, 9.17) is 11.5 Å². The number of rotatable bonds is 5. The molecule has 9 nitrogen and oxygen atoms in total. The van der Waals surface area contributed by atoms with Gasteiger partial charge in [-0.2, -0.15) is 0 Å². The molecule has 5 aromatic rings. The number of aryl methyl sites for hydroxylation is 1. The molecule has 9 heteroatoms. The largest absolute Gasteiger partial charge is 0.390 e. The number of aromatic nitrogens is 5. The Morgan fingerprint density at radius 2 is 1.95 bits per heavy atom. The third-order valence-corrected chi connectivity index (χ3v) is 8.96. The number of anilines is 2.